The molecule has 0 saturated carbocycles. The van der Waals surface area contributed by atoms with Crippen molar-refractivity contribution in [1.82, 2.24) is 4.90 Å². The second kappa shape index (κ2) is 5.80. The lowest BCUT2D eigenvalue weighted by molar-refractivity contribution is 0.0113. The molecular weight excluding hydrogens is 194 g/mol. The van der Waals surface area contributed by atoms with E-state index >= 15 is 0 Å². The van der Waals surface area contributed by atoms with E-state index in [4.69, 9.17) is 9.47 Å². The Bertz CT molecular complexity index is 183. The Balaban J connectivity index is 1.48. The third-order valence-corrected chi connectivity index (χ3v) is 3.13. The molecule has 2 heterocycles. The SMILES string of the molecule is O[C@H]1CCN(CCOCC2CCCO2)C1. The van der Waals surface area contributed by atoms with Crippen molar-refractivity contribution >= 4 is 0 Å². The van der Waals surface area contributed by atoms with E-state index in [1.807, 2.05) is 0 Å². The number of nitrogens with zero attached hydrogens (tertiary/aromatic N) is 1. The van der Waals surface area contributed by atoms with Crippen LogP contribution in [0.3, 0.4) is 0 Å². The highest BCUT2D eigenvalue weighted by Crippen LogP contribution is 2.12. The van der Waals surface area contributed by atoms with Crippen LogP contribution in [0.2, 0.25) is 0 Å². The van der Waals surface area contributed by atoms with Crippen molar-refractivity contribution in [3.63, 3.8) is 0 Å². The zero-order valence-electron chi connectivity index (χ0n) is 9.23. The average Bonchev–Trinajstić information content (AvgIpc) is 2.84. The summed E-state index contributed by atoms with van der Waals surface area (Å²) in [5.41, 5.74) is 0. The summed E-state index contributed by atoms with van der Waals surface area (Å²) < 4.78 is 11.0. The molecule has 0 aromatic carbocycles. The molecule has 0 aliphatic carbocycles. The Morgan fingerprint density at radius 2 is 2.33 bits per heavy atom. The molecule has 0 aromatic heterocycles. The molecule has 1 N–H and O–H groups in total. The van der Waals surface area contributed by atoms with Crippen LogP contribution in [0.25, 0.3) is 0 Å². The summed E-state index contributed by atoms with van der Waals surface area (Å²) >= 11 is 0. The van der Waals surface area contributed by atoms with Gasteiger partial charge in [-0.2, -0.15) is 0 Å². The molecule has 1 unspecified atom stereocenters. The number of aliphatic hydroxyl groups excluding tert-OH is 1. The minimum Gasteiger partial charge on any atom is -0.392 e. The van der Waals surface area contributed by atoms with Crippen LogP contribution in [0.4, 0.5) is 0 Å². The number of ether oxygens (including phenoxy) is 2. The smallest absolute Gasteiger partial charge is 0.0809 e. The van der Waals surface area contributed by atoms with Gasteiger partial charge in [-0.15, -0.1) is 0 Å². The maximum atomic E-state index is 9.33. The first-order valence-corrected chi connectivity index (χ1v) is 5.94. The highest BCUT2D eigenvalue weighted by molar-refractivity contribution is 4.73. The summed E-state index contributed by atoms with van der Waals surface area (Å²) in [7, 11) is 0. The maximum absolute atomic E-state index is 9.33. The molecular formula is C11H21NO3. The number of hydrogen-bond donors (Lipinski definition) is 1. The Morgan fingerprint density at radius 3 is 3.00 bits per heavy atom. The van der Waals surface area contributed by atoms with Crippen LogP contribution in [0, 0.1) is 0 Å². The summed E-state index contributed by atoms with van der Waals surface area (Å²) in [6, 6.07) is 0. The van der Waals surface area contributed by atoms with E-state index in [9.17, 15) is 5.11 Å². The fraction of sp³-hybridized carbons (Fsp3) is 1.00. The van der Waals surface area contributed by atoms with Crippen molar-refractivity contribution in [2.24, 2.45) is 0 Å². The minimum absolute atomic E-state index is 0.122. The molecule has 2 fully saturated rings. The van der Waals surface area contributed by atoms with Crippen molar-refractivity contribution in [1.29, 1.82) is 0 Å². The molecule has 2 aliphatic heterocycles. The molecule has 88 valence electrons. The van der Waals surface area contributed by atoms with E-state index < -0.39 is 0 Å². The topological polar surface area (TPSA) is 41.9 Å². The number of hydrogen-bond acceptors (Lipinski definition) is 4. The van der Waals surface area contributed by atoms with E-state index in [0.717, 1.165) is 52.3 Å². The van der Waals surface area contributed by atoms with Gasteiger partial charge in [-0.3, -0.25) is 4.90 Å². The normalized spacial score (nSPS) is 32.6. The van der Waals surface area contributed by atoms with E-state index in [0.29, 0.717) is 6.10 Å². The summed E-state index contributed by atoms with van der Waals surface area (Å²) in [4.78, 5) is 2.25. The van der Waals surface area contributed by atoms with Crippen LogP contribution in [-0.4, -0.2) is 61.7 Å². The highest BCUT2D eigenvalue weighted by atomic mass is 16.5. The van der Waals surface area contributed by atoms with Crippen molar-refractivity contribution in [3.8, 4) is 0 Å². The molecule has 0 radical (unpaired) electrons. The van der Waals surface area contributed by atoms with Crippen molar-refractivity contribution in [2.45, 2.75) is 31.5 Å². The van der Waals surface area contributed by atoms with Gasteiger partial charge in [0.2, 0.25) is 0 Å². The predicted molar refractivity (Wildman–Crippen MR) is 56.9 cm³/mol. The summed E-state index contributed by atoms with van der Waals surface area (Å²) in [6.45, 7) is 5.13. The number of aliphatic hydroxyl groups is 1. The Morgan fingerprint density at radius 1 is 1.40 bits per heavy atom. The van der Waals surface area contributed by atoms with E-state index in [1.165, 1.54) is 6.42 Å². The molecule has 4 heteroatoms. The van der Waals surface area contributed by atoms with Gasteiger partial charge in [0.15, 0.2) is 0 Å². The first kappa shape index (κ1) is 11.3. The van der Waals surface area contributed by atoms with E-state index in [2.05, 4.69) is 4.90 Å². The zero-order chi connectivity index (χ0) is 10.5. The lowest BCUT2D eigenvalue weighted by Crippen LogP contribution is -2.27. The Labute approximate surface area is 91.2 Å². The van der Waals surface area contributed by atoms with Gasteiger partial charge in [-0.05, 0) is 19.3 Å². The average molecular weight is 215 g/mol. The molecule has 2 saturated heterocycles. The van der Waals surface area contributed by atoms with Gasteiger partial charge in [0.1, 0.15) is 0 Å². The number of likely N-dealkylation sites (tertiary alicyclic amines) is 1. The fourth-order valence-electron chi connectivity index (χ4n) is 2.20. The van der Waals surface area contributed by atoms with Crippen LogP contribution >= 0.6 is 0 Å². The summed E-state index contributed by atoms with van der Waals surface area (Å²) in [5, 5.41) is 9.33. The standard InChI is InChI=1S/C11H21NO3/c13-10-3-4-12(8-10)5-7-14-9-11-2-1-6-15-11/h10-11,13H,1-9H2/t10-,11?/m0/s1. The van der Waals surface area contributed by atoms with Crippen molar-refractivity contribution < 1.29 is 14.6 Å². The fourth-order valence-corrected chi connectivity index (χ4v) is 2.20. The van der Waals surface area contributed by atoms with Gasteiger partial charge in [0.25, 0.3) is 0 Å². The number of β-amino-alcohol motifs (C(OH)–C–C–N with tert-alkyl or cyclic N) is 1. The predicted octanol–water partition coefficient (Wildman–Crippen LogP) is 0.249. The Hall–Kier alpha value is -0.160. The third kappa shape index (κ3) is 3.72. The molecule has 15 heavy (non-hydrogen) atoms. The number of rotatable bonds is 5. The van der Waals surface area contributed by atoms with Crippen LogP contribution in [0.15, 0.2) is 0 Å². The first-order chi connectivity index (χ1) is 7.34. The van der Waals surface area contributed by atoms with Gasteiger partial charge in [-0.1, -0.05) is 0 Å². The summed E-state index contributed by atoms with van der Waals surface area (Å²) in [5.74, 6) is 0. The molecule has 2 rings (SSSR count). The van der Waals surface area contributed by atoms with Crippen LogP contribution in [-0.2, 0) is 9.47 Å². The van der Waals surface area contributed by atoms with Gasteiger partial charge < -0.3 is 14.6 Å². The lowest BCUT2D eigenvalue weighted by Gasteiger charge is -2.16. The van der Waals surface area contributed by atoms with E-state index in [1.54, 1.807) is 0 Å². The van der Waals surface area contributed by atoms with E-state index in [-0.39, 0.29) is 6.10 Å². The van der Waals surface area contributed by atoms with Gasteiger partial charge in [-0.25, -0.2) is 0 Å². The van der Waals surface area contributed by atoms with Crippen LogP contribution in [0.1, 0.15) is 19.3 Å². The van der Waals surface area contributed by atoms with Crippen LogP contribution in [0.5, 0.6) is 0 Å². The first-order valence-electron chi connectivity index (χ1n) is 5.94. The quantitative estimate of drug-likeness (QED) is 0.667. The second-order valence-electron chi connectivity index (χ2n) is 4.45. The highest BCUT2D eigenvalue weighted by Gasteiger charge is 2.20. The Kier molecular flexibility index (Phi) is 4.38. The van der Waals surface area contributed by atoms with Crippen molar-refractivity contribution in [3.05, 3.63) is 0 Å². The van der Waals surface area contributed by atoms with Gasteiger partial charge in [0.05, 0.1) is 25.4 Å². The molecule has 2 aliphatic rings. The maximum Gasteiger partial charge on any atom is 0.0809 e. The zero-order valence-corrected chi connectivity index (χ0v) is 9.23. The lowest BCUT2D eigenvalue weighted by atomic mass is 10.2. The molecule has 0 aromatic rings. The third-order valence-electron chi connectivity index (χ3n) is 3.13. The molecule has 4 nitrogen and oxygen atoms in total. The summed E-state index contributed by atoms with van der Waals surface area (Å²) in [6.07, 6.45) is 3.43. The molecule has 2 atom stereocenters. The molecule has 0 bridgehead atoms. The monoisotopic (exact) mass is 215 g/mol. The second-order valence-corrected chi connectivity index (χ2v) is 4.45. The van der Waals surface area contributed by atoms with Crippen LogP contribution < -0.4 is 0 Å². The minimum atomic E-state index is -0.122. The largest absolute Gasteiger partial charge is 0.392 e. The van der Waals surface area contributed by atoms with Gasteiger partial charge in [0, 0.05) is 26.2 Å². The molecule has 0 spiro atoms. The molecule has 0 amide bonds. The van der Waals surface area contributed by atoms with Crippen molar-refractivity contribution in [2.75, 3.05) is 39.5 Å². The van der Waals surface area contributed by atoms with Gasteiger partial charge >= 0.3 is 0 Å².